The van der Waals surface area contributed by atoms with Crippen LogP contribution in [0.25, 0.3) is 11.4 Å². The maximum atomic E-state index is 12.6. The molecular formula is C11H7BrClF3N2O. The van der Waals surface area contributed by atoms with E-state index in [0.717, 1.165) is 10.8 Å². The topological polar surface area (TPSA) is 38.0 Å². The summed E-state index contributed by atoms with van der Waals surface area (Å²) in [5.41, 5.74) is -0.759. The molecular weight excluding hydrogens is 348 g/mol. The van der Waals surface area contributed by atoms with Crippen molar-refractivity contribution in [2.45, 2.75) is 12.9 Å². The van der Waals surface area contributed by atoms with Gasteiger partial charge in [0, 0.05) is 16.2 Å². The number of nitrogens with zero attached hydrogens (tertiary/aromatic N) is 2. The molecule has 1 aromatic heterocycles. The second-order valence-electron chi connectivity index (χ2n) is 3.68. The molecule has 1 aromatic carbocycles. The van der Waals surface area contributed by atoms with Crippen LogP contribution in [0.2, 0.25) is 5.02 Å². The summed E-state index contributed by atoms with van der Waals surface area (Å²) in [4.78, 5) is 3.49. The van der Waals surface area contributed by atoms with Gasteiger partial charge < -0.3 is 9.67 Å². The average Bonchev–Trinajstić information content (AvgIpc) is 2.72. The van der Waals surface area contributed by atoms with Crippen LogP contribution in [0, 0.1) is 0 Å². The van der Waals surface area contributed by atoms with E-state index in [1.165, 1.54) is 6.07 Å². The zero-order valence-electron chi connectivity index (χ0n) is 9.25. The first-order chi connectivity index (χ1) is 8.82. The molecule has 0 radical (unpaired) electrons. The SMILES string of the molecule is OCn1cc(C(F)(F)F)nc1-c1ccc(Br)cc1Cl. The highest BCUT2D eigenvalue weighted by Crippen LogP contribution is 2.34. The van der Waals surface area contributed by atoms with Crippen LogP contribution in [0.5, 0.6) is 0 Å². The summed E-state index contributed by atoms with van der Waals surface area (Å²) in [7, 11) is 0. The maximum Gasteiger partial charge on any atom is 0.434 e. The van der Waals surface area contributed by atoms with Crippen LogP contribution < -0.4 is 0 Å². The summed E-state index contributed by atoms with van der Waals surface area (Å²) in [5.74, 6) is -0.0349. The van der Waals surface area contributed by atoms with Crippen molar-refractivity contribution < 1.29 is 18.3 Å². The fraction of sp³-hybridized carbons (Fsp3) is 0.182. The fourth-order valence-electron chi connectivity index (χ4n) is 1.55. The Hall–Kier alpha value is -1.05. The number of alkyl halides is 3. The molecule has 0 aliphatic rings. The van der Waals surface area contributed by atoms with Gasteiger partial charge in [0.05, 0.1) is 5.02 Å². The zero-order valence-corrected chi connectivity index (χ0v) is 11.6. The highest BCUT2D eigenvalue weighted by atomic mass is 79.9. The third-order valence-electron chi connectivity index (χ3n) is 2.39. The lowest BCUT2D eigenvalue weighted by Crippen LogP contribution is -2.05. The lowest BCUT2D eigenvalue weighted by molar-refractivity contribution is -0.140. The molecule has 0 amide bonds. The van der Waals surface area contributed by atoms with Gasteiger partial charge in [-0.15, -0.1) is 0 Å². The Morgan fingerprint density at radius 2 is 2.05 bits per heavy atom. The van der Waals surface area contributed by atoms with E-state index in [1.807, 2.05) is 0 Å². The van der Waals surface area contributed by atoms with Gasteiger partial charge in [-0.3, -0.25) is 0 Å². The van der Waals surface area contributed by atoms with Gasteiger partial charge in [-0.05, 0) is 18.2 Å². The van der Waals surface area contributed by atoms with Crippen LogP contribution in [0.1, 0.15) is 5.69 Å². The van der Waals surface area contributed by atoms with Crippen molar-refractivity contribution in [3.8, 4) is 11.4 Å². The van der Waals surface area contributed by atoms with Crippen molar-refractivity contribution in [2.75, 3.05) is 0 Å². The molecule has 19 heavy (non-hydrogen) atoms. The van der Waals surface area contributed by atoms with E-state index in [-0.39, 0.29) is 10.8 Å². The third-order valence-corrected chi connectivity index (χ3v) is 3.20. The number of halogens is 5. The molecule has 2 rings (SSSR count). The van der Waals surface area contributed by atoms with Gasteiger partial charge in [-0.25, -0.2) is 4.98 Å². The Labute approximate surface area is 119 Å². The standard InChI is InChI=1S/C11H7BrClF3N2O/c12-6-1-2-7(8(13)3-6)10-17-9(11(14,15)16)4-18(10)5-19/h1-4,19H,5H2. The normalized spacial score (nSPS) is 11.9. The van der Waals surface area contributed by atoms with Crippen LogP contribution >= 0.6 is 27.5 Å². The Morgan fingerprint density at radius 1 is 1.37 bits per heavy atom. The monoisotopic (exact) mass is 354 g/mol. The highest BCUT2D eigenvalue weighted by Gasteiger charge is 2.35. The largest absolute Gasteiger partial charge is 0.434 e. The molecule has 1 heterocycles. The molecule has 0 atom stereocenters. The van der Waals surface area contributed by atoms with E-state index < -0.39 is 18.6 Å². The maximum absolute atomic E-state index is 12.6. The molecule has 0 saturated carbocycles. The van der Waals surface area contributed by atoms with Crippen LogP contribution in [0.15, 0.2) is 28.9 Å². The van der Waals surface area contributed by atoms with E-state index in [4.69, 9.17) is 16.7 Å². The van der Waals surface area contributed by atoms with Gasteiger partial charge in [0.2, 0.25) is 0 Å². The molecule has 0 aliphatic carbocycles. The molecule has 3 nitrogen and oxygen atoms in total. The predicted molar refractivity (Wildman–Crippen MR) is 67.6 cm³/mol. The van der Waals surface area contributed by atoms with Gasteiger partial charge in [0.25, 0.3) is 0 Å². The lowest BCUT2D eigenvalue weighted by atomic mass is 10.2. The van der Waals surface area contributed by atoms with E-state index in [1.54, 1.807) is 12.1 Å². The second kappa shape index (κ2) is 5.15. The Morgan fingerprint density at radius 3 is 2.58 bits per heavy atom. The second-order valence-corrected chi connectivity index (χ2v) is 5.01. The minimum atomic E-state index is -4.57. The summed E-state index contributed by atoms with van der Waals surface area (Å²) in [5, 5.41) is 9.35. The summed E-state index contributed by atoms with van der Waals surface area (Å²) in [6.07, 6.45) is -3.83. The van der Waals surface area contributed by atoms with Crippen LogP contribution in [0.4, 0.5) is 13.2 Å². The number of benzene rings is 1. The Balaban J connectivity index is 2.58. The van der Waals surface area contributed by atoms with Crippen molar-refractivity contribution in [1.29, 1.82) is 0 Å². The lowest BCUT2D eigenvalue weighted by Gasteiger charge is -2.06. The number of aromatic nitrogens is 2. The molecule has 1 N–H and O–H groups in total. The summed E-state index contributed by atoms with van der Waals surface area (Å²) in [6, 6.07) is 4.70. The third kappa shape index (κ3) is 2.93. The molecule has 0 bridgehead atoms. The van der Waals surface area contributed by atoms with Gasteiger partial charge in [-0.1, -0.05) is 27.5 Å². The minimum absolute atomic E-state index is 0.0349. The number of hydrogen-bond donors (Lipinski definition) is 1. The molecule has 8 heteroatoms. The van der Waals surface area contributed by atoms with Crippen molar-refractivity contribution >= 4 is 27.5 Å². The predicted octanol–water partition coefficient (Wildman–Crippen LogP) is 3.93. The number of rotatable bonds is 2. The van der Waals surface area contributed by atoms with Gasteiger partial charge in [0.15, 0.2) is 5.69 Å². The van der Waals surface area contributed by atoms with Crippen LogP contribution in [-0.2, 0) is 12.9 Å². The highest BCUT2D eigenvalue weighted by molar-refractivity contribution is 9.10. The summed E-state index contributed by atoms with van der Waals surface area (Å²) in [6.45, 7) is -0.620. The first-order valence-electron chi connectivity index (χ1n) is 5.03. The summed E-state index contributed by atoms with van der Waals surface area (Å²) < 4.78 is 39.5. The van der Waals surface area contributed by atoms with E-state index in [2.05, 4.69) is 20.9 Å². The van der Waals surface area contributed by atoms with Crippen molar-refractivity contribution in [1.82, 2.24) is 9.55 Å². The van der Waals surface area contributed by atoms with E-state index in [9.17, 15) is 13.2 Å². The quantitative estimate of drug-likeness (QED) is 0.886. The minimum Gasteiger partial charge on any atom is -0.376 e. The fourth-order valence-corrected chi connectivity index (χ4v) is 2.30. The first kappa shape index (κ1) is 14.4. The average molecular weight is 356 g/mol. The smallest absolute Gasteiger partial charge is 0.376 e. The number of imidazole rings is 1. The van der Waals surface area contributed by atoms with Crippen molar-refractivity contribution in [3.63, 3.8) is 0 Å². The molecule has 0 unspecified atom stereocenters. The molecule has 0 saturated heterocycles. The molecule has 102 valence electrons. The molecule has 2 aromatic rings. The molecule has 0 spiro atoms. The first-order valence-corrected chi connectivity index (χ1v) is 6.20. The van der Waals surface area contributed by atoms with Crippen molar-refractivity contribution in [2.24, 2.45) is 0 Å². The summed E-state index contributed by atoms with van der Waals surface area (Å²) >= 11 is 9.17. The Bertz CT molecular complexity index is 612. The van der Waals surface area contributed by atoms with Crippen LogP contribution in [0.3, 0.4) is 0 Å². The van der Waals surface area contributed by atoms with Gasteiger partial charge in [0.1, 0.15) is 12.6 Å². The zero-order chi connectivity index (χ0) is 14.2. The molecule has 0 fully saturated rings. The van der Waals surface area contributed by atoms with Crippen LogP contribution in [-0.4, -0.2) is 14.7 Å². The number of hydrogen-bond acceptors (Lipinski definition) is 2. The van der Waals surface area contributed by atoms with Crippen molar-refractivity contribution in [3.05, 3.63) is 39.6 Å². The number of aliphatic hydroxyl groups excluding tert-OH is 1. The number of aliphatic hydroxyl groups is 1. The van der Waals surface area contributed by atoms with Gasteiger partial charge >= 0.3 is 6.18 Å². The van der Waals surface area contributed by atoms with Gasteiger partial charge in [-0.2, -0.15) is 13.2 Å². The van der Waals surface area contributed by atoms with E-state index >= 15 is 0 Å². The van der Waals surface area contributed by atoms with E-state index in [0.29, 0.717) is 10.0 Å². The Kier molecular flexibility index (Phi) is 3.89. The molecule has 0 aliphatic heterocycles.